The van der Waals surface area contributed by atoms with Crippen LogP contribution >= 0.6 is 11.3 Å². The summed E-state index contributed by atoms with van der Waals surface area (Å²) in [6.07, 6.45) is 3.20. The van der Waals surface area contributed by atoms with E-state index in [-0.39, 0.29) is 40.4 Å². The molecule has 9 nitrogen and oxygen atoms in total. The van der Waals surface area contributed by atoms with Gasteiger partial charge in [-0.25, -0.2) is 17.2 Å². The Hall–Kier alpha value is -3.91. The number of carbonyl (C=O) groups is 2. The average molecular weight is 743 g/mol. The molecule has 1 heterocycles. The Balaban J connectivity index is 1.85. The number of nitrogens with one attached hydrogen (secondary N) is 1. The molecular formula is C38H48F2N4O5S2. The third-order valence-electron chi connectivity index (χ3n) is 9.28. The fourth-order valence-corrected chi connectivity index (χ4v) is 8.99. The number of nitrogens with zero attached hydrogens (tertiary/aromatic N) is 2. The molecule has 4 rings (SSSR count). The van der Waals surface area contributed by atoms with Gasteiger partial charge in [-0.15, -0.1) is 11.3 Å². The molecule has 1 aromatic heterocycles. The van der Waals surface area contributed by atoms with E-state index in [2.05, 4.69) is 5.32 Å². The highest BCUT2D eigenvalue weighted by atomic mass is 32.2. The van der Waals surface area contributed by atoms with Gasteiger partial charge in [-0.05, 0) is 84.5 Å². The van der Waals surface area contributed by atoms with Gasteiger partial charge in [-0.2, -0.15) is 0 Å². The fourth-order valence-electron chi connectivity index (χ4n) is 6.65. The van der Waals surface area contributed by atoms with Gasteiger partial charge in [-0.3, -0.25) is 13.9 Å². The van der Waals surface area contributed by atoms with E-state index in [4.69, 9.17) is 5.73 Å². The number of aryl methyl sites for hydroxylation is 1. The lowest BCUT2D eigenvalue weighted by Gasteiger charge is -2.43. The predicted molar refractivity (Wildman–Crippen MR) is 196 cm³/mol. The van der Waals surface area contributed by atoms with E-state index in [1.807, 2.05) is 45.0 Å². The van der Waals surface area contributed by atoms with Crippen molar-refractivity contribution >= 4 is 33.2 Å². The summed E-state index contributed by atoms with van der Waals surface area (Å²) in [4.78, 5) is 29.8. The standard InChI is InChI=1S/C38H48F2N4O5S2/c1-5-13-44(14-6-2)36(46)29-20-32(43(4)51(48,49)35-12-9-15-50-35)23-38(22-29,37(41)47)33(19-28-17-30(39)21-31(40)18-28)34(45)25-42-24-27-11-8-10-26(7-3)16-27/h8-12,15-18,20-21,23,33-34,42,45H,5-7,13-14,19,22,24-25H2,1-4H3,(H2,41,47)/t33-,34+,38?/m1/s1. The van der Waals surface area contributed by atoms with Crippen molar-refractivity contribution in [2.45, 2.75) is 69.7 Å². The number of carbonyl (C=O) groups excluding carboxylic acids is 2. The highest BCUT2D eigenvalue weighted by molar-refractivity contribution is 7.91. The van der Waals surface area contributed by atoms with Crippen LogP contribution in [-0.2, 0) is 39.0 Å². The van der Waals surface area contributed by atoms with E-state index in [1.54, 1.807) is 16.3 Å². The molecule has 51 heavy (non-hydrogen) atoms. The van der Waals surface area contributed by atoms with Gasteiger partial charge in [0.1, 0.15) is 15.8 Å². The highest BCUT2D eigenvalue weighted by Crippen LogP contribution is 2.45. The number of hydrogen-bond donors (Lipinski definition) is 3. The molecule has 1 unspecified atom stereocenters. The molecule has 0 saturated heterocycles. The third-order valence-corrected chi connectivity index (χ3v) is 12.4. The number of primary amides is 1. The maximum Gasteiger partial charge on any atom is 0.273 e. The lowest BCUT2D eigenvalue weighted by Crippen LogP contribution is -2.52. The first-order chi connectivity index (χ1) is 24.2. The summed E-state index contributed by atoms with van der Waals surface area (Å²) < 4.78 is 57.7. The van der Waals surface area contributed by atoms with E-state index in [9.17, 15) is 31.9 Å². The first-order valence-corrected chi connectivity index (χ1v) is 19.5. The van der Waals surface area contributed by atoms with Gasteiger partial charge in [0.05, 0.1) is 11.5 Å². The van der Waals surface area contributed by atoms with Crippen LogP contribution in [0.2, 0.25) is 0 Å². The summed E-state index contributed by atoms with van der Waals surface area (Å²) in [6.45, 7) is 7.09. The van der Waals surface area contributed by atoms with E-state index in [1.165, 1.54) is 25.3 Å². The number of nitrogens with two attached hydrogens (primary N) is 1. The van der Waals surface area contributed by atoms with Crippen LogP contribution in [0, 0.1) is 23.0 Å². The minimum atomic E-state index is -4.14. The molecule has 13 heteroatoms. The van der Waals surface area contributed by atoms with Crippen LogP contribution in [0.4, 0.5) is 8.78 Å². The predicted octanol–water partition coefficient (Wildman–Crippen LogP) is 5.55. The molecule has 2 aromatic carbocycles. The number of thiophene rings is 1. The maximum atomic E-state index is 14.5. The molecule has 0 bridgehead atoms. The SMILES string of the molecule is CCCN(CCC)C(=O)C1=CC(N(C)S(=O)(=O)c2cccs2)=CC(C(N)=O)([C@H](Cc2cc(F)cc(F)c2)[C@@H](O)CNCc2cccc(CC)c2)C1. The smallest absolute Gasteiger partial charge is 0.273 e. The Labute approximate surface area is 303 Å². The molecule has 3 aromatic rings. The number of rotatable bonds is 18. The van der Waals surface area contributed by atoms with Gasteiger partial charge in [0.15, 0.2) is 0 Å². The molecule has 0 spiro atoms. The Morgan fingerprint density at radius 2 is 1.67 bits per heavy atom. The first kappa shape index (κ1) is 39.9. The lowest BCUT2D eigenvalue weighted by atomic mass is 9.63. The molecule has 2 amide bonds. The number of aliphatic hydroxyl groups is 1. The number of amides is 2. The zero-order chi connectivity index (χ0) is 37.3. The summed E-state index contributed by atoms with van der Waals surface area (Å²) in [5.74, 6) is -4.15. The summed E-state index contributed by atoms with van der Waals surface area (Å²) in [7, 11) is -2.81. The van der Waals surface area contributed by atoms with Crippen LogP contribution in [0.5, 0.6) is 0 Å². The zero-order valence-corrected chi connectivity index (χ0v) is 31.2. The number of sulfonamides is 1. The molecule has 0 radical (unpaired) electrons. The van der Waals surface area contributed by atoms with Crippen LogP contribution in [-0.4, -0.2) is 67.3 Å². The molecule has 0 fully saturated rings. The van der Waals surface area contributed by atoms with Crippen LogP contribution in [0.15, 0.2) is 87.6 Å². The molecular weight excluding hydrogens is 695 g/mol. The summed E-state index contributed by atoms with van der Waals surface area (Å²) in [5, 5.41) is 16.8. The third kappa shape index (κ3) is 9.50. The average Bonchev–Trinajstić information content (AvgIpc) is 3.66. The molecule has 3 atom stereocenters. The monoisotopic (exact) mass is 742 g/mol. The quantitative estimate of drug-likeness (QED) is 0.157. The molecule has 1 aliphatic rings. The van der Waals surface area contributed by atoms with Crippen LogP contribution in [0.3, 0.4) is 0 Å². The summed E-state index contributed by atoms with van der Waals surface area (Å²) in [6, 6.07) is 14.0. The van der Waals surface area contributed by atoms with Gasteiger partial charge in [0.25, 0.3) is 10.0 Å². The second kappa shape index (κ2) is 17.5. The van der Waals surface area contributed by atoms with Gasteiger partial charge in [0.2, 0.25) is 11.8 Å². The van der Waals surface area contributed by atoms with Crippen molar-refractivity contribution in [1.82, 2.24) is 14.5 Å². The zero-order valence-electron chi connectivity index (χ0n) is 29.6. The number of benzene rings is 2. The minimum Gasteiger partial charge on any atom is -0.391 e. The fraction of sp³-hybridized carbons (Fsp3) is 0.421. The van der Waals surface area contributed by atoms with Crippen molar-refractivity contribution in [2.24, 2.45) is 17.1 Å². The van der Waals surface area contributed by atoms with Crippen LogP contribution in [0.25, 0.3) is 0 Å². The van der Waals surface area contributed by atoms with Gasteiger partial charge in [-0.1, -0.05) is 51.1 Å². The maximum absolute atomic E-state index is 14.5. The molecule has 0 saturated carbocycles. The molecule has 1 aliphatic carbocycles. The van der Waals surface area contributed by atoms with Crippen molar-refractivity contribution in [3.05, 3.63) is 112 Å². The number of halogens is 2. The van der Waals surface area contributed by atoms with Crippen LogP contribution in [0.1, 0.15) is 56.7 Å². The Morgan fingerprint density at radius 1 is 1.00 bits per heavy atom. The largest absolute Gasteiger partial charge is 0.391 e. The van der Waals surface area contributed by atoms with Crippen LogP contribution < -0.4 is 11.1 Å². The van der Waals surface area contributed by atoms with Crippen molar-refractivity contribution < 1.29 is 31.9 Å². The van der Waals surface area contributed by atoms with Crippen molar-refractivity contribution in [3.63, 3.8) is 0 Å². The first-order valence-electron chi connectivity index (χ1n) is 17.2. The van der Waals surface area contributed by atoms with Gasteiger partial charge in [0, 0.05) is 56.5 Å². The van der Waals surface area contributed by atoms with E-state index in [0.29, 0.717) is 32.5 Å². The molecule has 0 aliphatic heterocycles. The van der Waals surface area contributed by atoms with E-state index in [0.717, 1.165) is 51.4 Å². The lowest BCUT2D eigenvalue weighted by molar-refractivity contribution is -0.132. The Bertz CT molecular complexity index is 1820. The van der Waals surface area contributed by atoms with E-state index >= 15 is 0 Å². The Kier molecular flexibility index (Phi) is 13.7. The highest BCUT2D eigenvalue weighted by Gasteiger charge is 2.50. The second-order valence-electron chi connectivity index (χ2n) is 13.0. The molecule has 4 N–H and O–H groups in total. The summed E-state index contributed by atoms with van der Waals surface area (Å²) >= 11 is 1.02. The van der Waals surface area contributed by atoms with E-state index < -0.39 is 50.9 Å². The van der Waals surface area contributed by atoms with Crippen molar-refractivity contribution in [3.8, 4) is 0 Å². The van der Waals surface area contributed by atoms with Gasteiger partial charge < -0.3 is 21.1 Å². The second-order valence-corrected chi connectivity index (χ2v) is 16.1. The molecule has 276 valence electrons. The van der Waals surface area contributed by atoms with Gasteiger partial charge >= 0.3 is 0 Å². The van der Waals surface area contributed by atoms with Crippen molar-refractivity contribution in [2.75, 3.05) is 26.7 Å². The summed E-state index contributed by atoms with van der Waals surface area (Å²) in [5.41, 5.74) is 6.80. The minimum absolute atomic E-state index is 0.0108. The number of likely N-dealkylation sites (N-methyl/N-ethyl adjacent to an activating group) is 1. The number of allylic oxidation sites excluding steroid dienone is 1. The number of aliphatic hydroxyl groups excluding tert-OH is 1. The normalized spacial score (nSPS) is 17.3. The topological polar surface area (TPSA) is 133 Å². The Morgan fingerprint density at radius 3 is 2.25 bits per heavy atom. The van der Waals surface area contributed by atoms with Crippen molar-refractivity contribution in [1.29, 1.82) is 0 Å². The number of hydrogen-bond acceptors (Lipinski definition) is 7.